The minimum absolute atomic E-state index is 0.397. The van der Waals surface area contributed by atoms with Crippen molar-refractivity contribution in [3.8, 4) is 0 Å². The van der Waals surface area contributed by atoms with Gasteiger partial charge < -0.3 is 19.8 Å². The summed E-state index contributed by atoms with van der Waals surface area (Å²) in [4.78, 5) is 2.42. The van der Waals surface area contributed by atoms with Gasteiger partial charge in [0.25, 0.3) is 0 Å². The van der Waals surface area contributed by atoms with Crippen LogP contribution in [0, 0.1) is 0 Å². The van der Waals surface area contributed by atoms with Gasteiger partial charge in [-0.05, 0) is 63.4 Å². The van der Waals surface area contributed by atoms with Gasteiger partial charge >= 0.3 is 0 Å². The molecule has 0 spiro atoms. The average molecular weight is 454 g/mol. The number of furan rings is 1. The van der Waals surface area contributed by atoms with Crippen LogP contribution in [0.25, 0.3) is 0 Å². The second kappa shape index (κ2) is 13.3. The van der Waals surface area contributed by atoms with Crippen LogP contribution in [-0.2, 0) is 11.2 Å². The van der Waals surface area contributed by atoms with Crippen molar-refractivity contribution < 1.29 is 9.15 Å². The molecule has 4 N–H and O–H groups in total. The molecule has 1 aliphatic rings. The summed E-state index contributed by atoms with van der Waals surface area (Å²) in [6.07, 6.45) is 1.87. The summed E-state index contributed by atoms with van der Waals surface area (Å²) in [6.45, 7) is 9.15. The summed E-state index contributed by atoms with van der Waals surface area (Å²) in [5.74, 6) is 1.52. The van der Waals surface area contributed by atoms with Crippen molar-refractivity contribution >= 4 is 46.1 Å². The Labute approximate surface area is 188 Å². The smallest absolute Gasteiger partial charge is 0.186 e. The average Bonchev–Trinajstić information content (AvgIpc) is 3.21. The molecule has 0 bridgehead atoms. The third-order valence-electron chi connectivity index (χ3n) is 4.40. The molecule has 9 nitrogen and oxygen atoms in total. The number of hydrazone groups is 2. The first-order chi connectivity index (χ1) is 14.5. The van der Waals surface area contributed by atoms with Crippen molar-refractivity contribution in [2.45, 2.75) is 26.7 Å². The Morgan fingerprint density at radius 3 is 2.57 bits per heavy atom. The molecule has 0 amide bonds. The van der Waals surface area contributed by atoms with E-state index in [1.165, 1.54) is 0 Å². The minimum atomic E-state index is 0.397. The largest absolute Gasteiger partial charge is 0.459 e. The predicted octanol–water partition coefficient (Wildman–Crippen LogP) is 1.20. The van der Waals surface area contributed by atoms with Gasteiger partial charge in [-0.1, -0.05) is 0 Å². The molecule has 166 valence electrons. The van der Waals surface area contributed by atoms with Crippen molar-refractivity contribution in [3.05, 3.63) is 23.7 Å². The lowest BCUT2D eigenvalue weighted by Gasteiger charge is -2.26. The molecule has 1 aromatic heterocycles. The number of morpholine rings is 1. The maximum absolute atomic E-state index is 6.04. The molecule has 30 heavy (non-hydrogen) atoms. The first-order valence-corrected chi connectivity index (χ1v) is 10.9. The molecule has 1 aromatic rings. The van der Waals surface area contributed by atoms with Gasteiger partial charge in [0, 0.05) is 33.1 Å². The minimum Gasteiger partial charge on any atom is -0.459 e. The number of nitrogens with one attached hydrogen (secondary N) is 4. The van der Waals surface area contributed by atoms with Crippen molar-refractivity contribution in [2.75, 3.05) is 46.4 Å². The van der Waals surface area contributed by atoms with Gasteiger partial charge in [0.05, 0.1) is 18.9 Å². The van der Waals surface area contributed by atoms with E-state index in [9.17, 15) is 0 Å². The van der Waals surface area contributed by atoms with Crippen LogP contribution in [0.5, 0.6) is 0 Å². The van der Waals surface area contributed by atoms with Gasteiger partial charge in [-0.3, -0.25) is 15.8 Å². The fourth-order valence-corrected chi connectivity index (χ4v) is 3.04. The lowest BCUT2D eigenvalue weighted by Crippen LogP contribution is -2.36. The molecule has 0 unspecified atom stereocenters. The van der Waals surface area contributed by atoms with Crippen LogP contribution < -0.4 is 21.5 Å². The standard InChI is InChI=1S/C19H31N7O2S2/c1-4-21-19(30)25-22-14(2)17(23-24-18(29)20-3)16-8-7-15(28-16)6-5-9-26-10-12-27-13-11-26/h7-8H,4-6,9-13H2,1-3H3,(H2,20,24,29)(H2,21,25,30)/b22-14+,23-17-. The summed E-state index contributed by atoms with van der Waals surface area (Å²) < 4.78 is 11.4. The molecule has 1 aliphatic heterocycles. The van der Waals surface area contributed by atoms with Crippen LogP contribution in [0.1, 0.15) is 31.8 Å². The second-order valence-corrected chi connectivity index (χ2v) is 7.46. The molecule has 0 aromatic carbocycles. The molecule has 0 saturated carbocycles. The van der Waals surface area contributed by atoms with Crippen molar-refractivity contribution in [1.29, 1.82) is 0 Å². The summed E-state index contributed by atoms with van der Waals surface area (Å²) in [6, 6.07) is 3.87. The maximum atomic E-state index is 6.04. The van der Waals surface area contributed by atoms with Crippen molar-refractivity contribution in [3.63, 3.8) is 0 Å². The fraction of sp³-hybridized carbons (Fsp3) is 0.579. The van der Waals surface area contributed by atoms with Crippen molar-refractivity contribution in [1.82, 2.24) is 26.4 Å². The van der Waals surface area contributed by atoms with Crippen LogP contribution in [-0.4, -0.2) is 73.0 Å². The van der Waals surface area contributed by atoms with Gasteiger partial charge in [0.15, 0.2) is 16.0 Å². The van der Waals surface area contributed by atoms with Crippen molar-refractivity contribution in [2.24, 2.45) is 10.2 Å². The fourth-order valence-electron chi connectivity index (χ4n) is 2.81. The zero-order valence-electron chi connectivity index (χ0n) is 17.8. The number of rotatable bonds is 9. The molecule has 1 fully saturated rings. The van der Waals surface area contributed by atoms with E-state index in [2.05, 4.69) is 36.6 Å². The van der Waals surface area contributed by atoms with Gasteiger partial charge in [0.2, 0.25) is 0 Å². The second-order valence-electron chi connectivity index (χ2n) is 6.64. The maximum Gasteiger partial charge on any atom is 0.186 e. The lowest BCUT2D eigenvalue weighted by molar-refractivity contribution is 0.0373. The zero-order chi connectivity index (χ0) is 21.8. The molecule has 2 rings (SSSR count). The number of ether oxygens (including phenoxy) is 1. The number of nitrogens with zero attached hydrogens (tertiary/aromatic N) is 3. The van der Waals surface area contributed by atoms with E-state index in [0.717, 1.165) is 51.4 Å². The van der Waals surface area contributed by atoms with E-state index in [4.69, 9.17) is 33.6 Å². The van der Waals surface area contributed by atoms with Crippen LogP contribution in [0.15, 0.2) is 26.8 Å². The summed E-state index contributed by atoms with van der Waals surface area (Å²) in [5, 5.41) is 15.3. The van der Waals surface area contributed by atoms with Gasteiger partial charge in [-0.2, -0.15) is 10.2 Å². The molecule has 1 saturated heterocycles. The Hall–Kier alpha value is -2.08. The quantitative estimate of drug-likeness (QED) is 0.250. The third kappa shape index (κ3) is 8.34. The predicted molar refractivity (Wildman–Crippen MR) is 128 cm³/mol. The van der Waals surface area contributed by atoms with E-state index in [-0.39, 0.29) is 0 Å². The van der Waals surface area contributed by atoms with Crippen LogP contribution in [0.4, 0.5) is 0 Å². The molecular weight excluding hydrogens is 422 g/mol. The molecule has 0 aliphatic carbocycles. The Morgan fingerprint density at radius 2 is 1.87 bits per heavy atom. The Morgan fingerprint density at radius 1 is 1.13 bits per heavy atom. The Bertz CT molecular complexity index is 758. The van der Waals surface area contributed by atoms with Crippen LogP contribution in [0.3, 0.4) is 0 Å². The highest BCUT2D eigenvalue weighted by atomic mass is 32.1. The highest BCUT2D eigenvalue weighted by Crippen LogP contribution is 2.13. The van der Waals surface area contributed by atoms with E-state index in [0.29, 0.717) is 34.0 Å². The summed E-state index contributed by atoms with van der Waals surface area (Å²) in [5.41, 5.74) is 6.75. The SMILES string of the molecule is CCNC(=S)N/N=C(C)/C(=N/NC(=S)NC)c1ccc(CCCN2CCOCC2)o1. The molecule has 0 radical (unpaired) electrons. The normalized spacial score (nSPS) is 15.6. The topological polar surface area (TPSA) is 98.5 Å². The van der Waals surface area contributed by atoms with Crippen LogP contribution in [0.2, 0.25) is 0 Å². The van der Waals surface area contributed by atoms with E-state index in [1.807, 2.05) is 26.0 Å². The number of aryl methyl sites for hydroxylation is 1. The number of hydrogen-bond donors (Lipinski definition) is 4. The number of thiocarbonyl (C=S) groups is 2. The van der Waals surface area contributed by atoms with Gasteiger partial charge in [0.1, 0.15) is 11.5 Å². The molecule has 11 heteroatoms. The first kappa shape index (κ1) is 24.2. The third-order valence-corrected chi connectivity index (χ3v) is 4.93. The zero-order valence-corrected chi connectivity index (χ0v) is 19.4. The highest BCUT2D eigenvalue weighted by Gasteiger charge is 2.15. The Balaban J connectivity index is 2.03. The summed E-state index contributed by atoms with van der Waals surface area (Å²) >= 11 is 10.3. The number of hydrogen-bond acceptors (Lipinski definition) is 7. The van der Waals surface area contributed by atoms with E-state index >= 15 is 0 Å². The Kier molecular flexibility index (Phi) is 10.7. The molecule has 2 heterocycles. The monoisotopic (exact) mass is 453 g/mol. The molecule has 0 atom stereocenters. The van der Waals surface area contributed by atoms with Gasteiger partial charge in [-0.25, -0.2) is 0 Å². The van der Waals surface area contributed by atoms with E-state index in [1.54, 1.807) is 7.05 Å². The van der Waals surface area contributed by atoms with Crippen LogP contribution >= 0.6 is 24.4 Å². The lowest BCUT2D eigenvalue weighted by atomic mass is 10.2. The molecular formula is C19H31N7O2S2. The first-order valence-electron chi connectivity index (χ1n) is 10.1. The van der Waals surface area contributed by atoms with Gasteiger partial charge in [-0.15, -0.1) is 0 Å². The highest BCUT2D eigenvalue weighted by molar-refractivity contribution is 7.80. The van der Waals surface area contributed by atoms with E-state index < -0.39 is 0 Å². The summed E-state index contributed by atoms with van der Waals surface area (Å²) in [7, 11) is 1.72.